The molecule has 0 amide bonds. The van der Waals surface area contributed by atoms with Gasteiger partial charge >= 0.3 is 0 Å². The SMILES string of the molecule is Cc1ccc(CNC(O)c2cc3ccccc3n2C)cc1. The molecule has 21 heavy (non-hydrogen) atoms. The number of nitrogens with one attached hydrogen (secondary N) is 1. The van der Waals surface area contributed by atoms with Crippen LogP contribution >= 0.6 is 0 Å². The molecule has 0 saturated carbocycles. The van der Waals surface area contributed by atoms with Crippen molar-refractivity contribution >= 4 is 10.9 Å². The van der Waals surface area contributed by atoms with Crippen LogP contribution in [0.15, 0.2) is 54.6 Å². The van der Waals surface area contributed by atoms with Crippen LogP contribution in [0.25, 0.3) is 10.9 Å². The lowest BCUT2D eigenvalue weighted by Gasteiger charge is -2.14. The molecule has 3 heteroatoms. The average molecular weight is 280 g/mol. The predicted molar refractivity (Wildman–Crippen MR) is 85.9 cm³/mol. The lowest BCUT2D eigenvalue weighted by Crippen LogP contribution is -2.22. The maximum Gasteiger partial charge on any atom is 0.146 e. The number of aliphatic hydroxyl groups is 1. The van der Waals surface area contributed by atoms with Crippen LogP contribution in [0.4, 0.5) is 0 Å². The van der Waals surface area contributed by atoms with E-state index in [1.165, 1.54) is 11.1 Å². The van der Waals surface area contributed by atoms with Crippen LogP contribution in [-0.4, -0.2) is 9.67 Å². The topological polar surface area (TPSA) is 37.2 Å². The van der Waals surface area contributed by atoms with Crippen LogP contribution < -0.4 is 5.32 Å². The van der Waals surface area contributed by atoms with E-state index in [1.807, 2.05) is 29.8 Å². The van der Waals surface area contributed by atoms with E-state index in [1.54, 1.807) is 0 Å². The molecule has 0 spiro atoms. The summed E-state index contributed by atoms with van der Waals surface area (Å²) in [5.41, 5.74) is 4.42. The van der Waals surface area contributed by atoms with E-state index in [4.69, 9.17) is 0 Å². The first kappa shape index (κ1) is 13.9. The minimum absolute atomic E-state index is 0.642. The fourth-order valence-electron chi connectivity index (χ4n) is 2.60. The highest BCUT2D eigenvalue weighted by molar-refractivity contribution is 5.81. The number of benzene rings is 2. The van der Waals surface area contributed by atoms with Gasteiger partial charge in [0.15, 0.2) is 0 Å². The summed E-state index contributed by atoms with van der Waals surface area (Å²) in [7, 11) is 1.98. The summed E-state index contributed by atoms with van der Waals surface area (Å²) in [6.45, 7) is 2.71. The largest absolute Gasteiger partial charge is 0.373 e. The van der Waals surface area contributed by atoms with Gasteiger partial charge in [0.05, 0.1) is 5.69 Å². The monoisotopic (exact) mass is 280 g/mol. The molecule has 0 aliphatic rings. The molecule has 1 atom stereocenters. The van der Waals surface area contributed by atoms with Gasteiger partial charge in [0.1, 0.15) is 6.23 Å². The van der Waals surface area contributed by atoms with E-state index in [2.05, 4.69) is 48.6 Å². The standard InChI is InChI=1S/C18H20N2O/c1-13-7-9-14(10-8-13)12-19-18(21)17-11-15-5-3-4-6-16(15)20(17)2/h3-11,18-19,21H,12H2,1-2H3. The Labute approximate surface area is 124 Å². The number of aryl methyl sites for hydroxylation is 2. The third kappa shape index (κ3) is 2.84. The number of aromatic nitrogens is 1. The first-order valence-electron chi connectivity index (χ1n) is 7.16. The van der Waals surface area contributed by atoms with Crippen molar-refractivity contribution in [1.82, 2.24) is 9.88 Å². The average Bonchev–Trinajstić information content (AvgIpc) is 2.84. The molecule has 108 valence electrons. The molecule has 2 aromatic carbocycles. The second kappa shape index (κ2) is 5.72. The van der Waals surface area contributed by atoms with Crippen molar-refractivity contribution in [3.05, 3.63) is 71.4 Å². The lowest BCUT2D eigenvalue weighted by molar-refractivity contribution is 0.130. The van der Waals surface area contributed by atoms with Gasteiger partial charge < -0.3 is 9.67 Å². The van der Waals surface area contributed by atoms with Crippen LogP contribution in [0.2, 0.25) is 0 Å². The van der Waals surface area contributed by atoms with Gasteiger partial charge in [-0.3, -0.25) is 5.32 Å². The summed E-state index contributed by atoms with van der Waals surface area (Å²) >= 11 is 0. The Morgan fingerprint density at radius 3 is 2.52 bits per heavy atom. The molecule has 1 aromatic heterocycles. The number of rotatable bonds is 4. The molecule has 1 unspecified atom stereocenters. The van der Waals surface area contributed by atoms with Crippen molar-refractivity contribution in [3.8, 4) is 0 Å². The second-order valence-electron chi connectivity index (χ2n) is 5.46. The molecule has 3 nitrogen and oxygen atoms in total. The van der Waals surface area contributed by atoms with E-state index in [0.29, 0.717) is 6.54 Å². The van der Waals surface area contributed by atoms with Crippen LogP contribution in [0.5, 0.6) is 0 Å². The van der Waals surface area contributed by atoms with Gasteiger partial charge in [-0.25, -0.2) is 0 Å². The fraction of sp³-hybridized carbons (Fsp3) is 0.222. The fourth-order valence-corrected chi connectivity index (χ4v) is 2.60. The normalized spacial score (nSPS) is 12.7. The Morgan fingerprint density at radius 1 is 1.10 bits per heavy atom. The van der Waals surface area contributed by atoms with Crippen LogP contribution in [0.3, 0.4) is 0 Å². The Kier molecular flexibility index (Phi) is 3.78. The van der Waals surface area contributed by atoms with Gasteiger partial charge in [-0.1, -0.05) is 48.0 Å². The van der Waals surface area contributed by atoms with Crippen LogP contribution in [0.1, 0.15) is 23.0 Å². The van der Waals surface area contributed by atoms with Gasteiger partial charge in [-0.15, -0.1) is 0 Å². The molecule has 0 saturated heterocycles. The Balaban J connectivity index is 1.76. The van der Waals surface area contributed by atoms with E-state index >= 15 is 0 Å². The first-order valence-corrected chi connectivity index (χ1v) is 7.16. The Hall–Kier alpha value is -2.10. The summed E-state index contributed by atoms with van der Waals surface area (Å²) in [5.74, 6) is 0. The van der Waals surface area contributed by atoms with Crippen molar-refractivity contribution in [2.45, 2.75) is 19.7 Å². The van der Waals surface area contributed by atoms with Gasteiger partial charge in [-0.05, 0) is 30.0 Å². The molecular formula is C18H20N2O. The maximum absolute atomic E-state index is 10.4. The molecule has 3 rings (SSSR count). The van der Waals surface area contributed by atoms with Crippen molar-refractivity contribution in [1.29, 1.82) is 0 Å². The highest BCUT2D eigenvalue weighted by Gasteiger charge is 2.13. The summed E-state index contributed by atoms with van der Waals surface area (Å²) in [6.07, 6.45) is -0.677. The van der Waals surface area contributed by atoms with E-state index < -0.39 is 6.23 Å². The lowest BCUT2D eigenvalue weighted by atomic mass is 10.1. The third-order valence-electron chi connectivity index (χ3n) is 3.89. The minimum atomic E-state index is -0.677. The minimum Gasteiger partial charge on any atom is -0.373 e. The number of hydrogen-bond donors (Lipinski definition) is 2. The molecule has 0 bridgehead atoms. The summed E-state index contributed by atoms with van der Waals surface area (Å²) in [4.78, 5) is 0. The molecule has 1 heterocycles. The zero-order valence-electron chi connectivity index (χ0n) is 12.4. The van der Waals surface area contributed by atoms with Gasteiger partial charge in [0.25, 0.3) is 0 Å². The zero-order valence-corrected chi connectivity index (χ0v) is 12.4. The molecule has 3 aromatic rings. The van der Waals surface area contributed by atoms with Gasteiger partial charge in [0.2, 0.25) is 0 Å². The van der Waals surface area contributed by atoms with Crippen molar-refractivity contribution < 1.29 is 5.11 Å². The Bertz CT molecular complexity index is 744. The summed E-state index contributed by atoms with van der Waals surface area (Å²) in [5, 5.41) is 14.7. The zero-order chi connectivity index (χ0) is 14.8. The van der Waals surface area contributed by atoms with E-state index in [9.17, 15) is 5.11 Å². The van der Waals surface area contributed by atoms with Crippen LogP contribution in [0, 0.1) is 6.92 Å². The van der Waals surface area contributed by atoms with Crippen molar-refractivity contribution in [2.75, 3.05) is 0 Å². The highest BCUT2D eigenvalue weighted by atomic mass is 16.3. The quantitative estimate of drug-likeness (QED) is 0.720. The van der Waals surface area contributed by atoms with Gasteiger partial charge in [0, 0.05) is 19.1 Å². The number of fused-ring (bicyclic) bond motifs is 1. The smallest absolute Gasteiger partial charge is 0.146 e. The second-order valence-corrected chi connectivity index (χ2v) is 5.46. The number of aliphatic hydroxyl groups excluding tert-OH is 1. The van der Waals surface area contributed by atoms with E-state index in [0.717, 1.165) is 16.6 Å². The molecule has 2 N–H and O–H groups in total. The molecule has 0 radical (unpaired) electrons. The summed E-state index contributed by atoms with van der Waals surface area (Å²) in [6, 6.07) is 18.5. The number of nitrogens with zero attached hydrogens (tertiary/aromatic N) is 1. The van der Waals surface area contributed by atoms with Crippen molar-refractivity contribution in [2.24, 2.45) is 7.05 Å². The van der Waals surface area contributed by atoms with Crippen molar-refractivity contribution in [3.63, 3.8) is 0 Å². The Morgan fingerprint density at radius 2 is 1.81 bits per heavy atom. The van der Waals surface area contributed by atoms with Gasteiger partial charge in [-0.2, -0.15) is 0 Å². The third-order valence-corrected chi connectivity index (χ3v) is 3.89. The summed E-state index contributed by atoms with van der Waals surface area (Å²) < 4.78 is 2.03. The number of hydrogen-bond acceptors (Lipinski definition) is 2. The first-order chi connectivity index (χ1) is 10.1. The maximum atomic E-state index is 10.4. The molecule has 0 fully saturated rings. The molecule has 0 aliphatic carbocycles. The number of para-hydroxylation sites is 1. The molecular weight excluding hydrogens is 260 g/mol. The predicted octanol–water partition coefficient (Wildman–Crippen LogP) is 3.27. The molecule has 0 aliphatic heterocycles. The van der Waals surface area contributed by atoms with E-state index in [-0.39, 0.29) is 0 Å². The van der Waals surface area contributed by atoms with Crippen LogP contribution in [-0.2, 0) is 13.6 Å². The highest BCUT2D eigenvalue weighted by Crippen LogP contribution is 2.22.